The highest BCUT2D eigenvalue weighted by Gasteiger charge is 2.35. The van der Waals surface area contributed by atoms with Crippen molar-refractivity contribution in [2.24, 2.45) is 0 Å². The van der Waals surface area contributed by atoms with Crippen molar-refractivity contribution in [3.8, 4) is 0 Å². The standard InChI is InChI=1S/C42H64N6O16.2C2H6/c1-19-33(39(61)43-9-29(57)17-53)21(3)37(23(5)35(19)41(63)45-27(13-49)14-50)47(25(7)55)11-31(59)32(60)12-48(26(8)56)38-22(4)34(40(62)44-10-30(58)18-54)20(2)36(24(38)6)42(64)46-28(15-51)16-52;2*1-2/h27-32,49-54,57-60H,9-18H2,1-8H3,(H,43,61)(H,44,62)(H,45,63)(H,46,64);2*1-2H3. The summed E-state index contributed by atoms with van der Waals surface area (Å²) in [5, 5.41) is 110. The number of nitrogens with one attached hydrogen (secondary N) is 4. The molecule has 0 saturated carbocycles. The fraction of sp³-hybridized carbons (Fsp3) is 0.609. The van der Waals surface area contributed by atoms with Gasteiger partial charge in [0.25, 0.3) is 23.6 Å². The number of carbonyl (C=O) groups excluding carboxylic acids is 6. The molecule has 0 bridgehead atoms. The van der Waals surface area contributed by atoms with Crippen LogP contribution in [-0.2, 0) is 9.59 Å². The summed E-state index contributed by atoms with van der Waals surface area (Å²) in [7, 11) is 0. The third-order valence-electron chi connectivity index (χ3n) is 10.8. The van der Waals surface area contributed by atoms with Gasteiger partial charge in [0.1, 0.15) is 0 Å². The summed E-state index contributed by atoms with van der Waals surface area (Å²) in [6, 6.07) is -2.24. The lowest BCUT2D eigenvalue weighted by Gasteiger charge is -2.34. The smallest absolute Gasteiger partial charge is 0.252 e. The lowest BCUT2D eigenvalue weighted by atomic mass is 9.89. The van der Waals surface area contributed by atoms with Crippen molar-refractivity contribution < 1.29 is 79.8 Å². The summed E-state index contributed by atoms with van der Waals surface area (Å²) in [6.07, 6.45) is -6.47. The van der Waals surface area contributed by atoms with Crippen LogP contribution in [0.2, 0.25) is 0 Å². The Balaban J connectivity index is 0.0000109. The Bertz CT molecular complexity index is 1880. The fourth-order valence-corrected chi connectivity index (χ4v) is 7.50. The Hall–Kier alpha value is -5.14. The molecule has 4 unspecified atom stereocenters. The molecule has 0 saturated heterocycles. The molecule has 6 amide bonds. The van der Waals surface area contributed by atoms with Crippen molar-refractivity contribution in [3.63, 3.8) is 0 Å². The maximum absolute atomic E-state index is 13.7. The summed E-state index contributed by atoms with van der Waals surface area (Å²) in [5.74, 6) is -4.84. The molecule has 2 aromatic carbocycles. The molecule has 68 heavy (non-hydrogen) atoms. The van der Waals surface area contributed by atoms with E-state index in [4.69, 9.17) is 0 Å². The van der Waals surface area contributed by atoms with Crippen molar-refractivity contribution in [2.45, 2.75) is 120 Å². The van der Waals surface area contributed by atoms with Crippen LogP contribution in [0.15, 0.2) is 0 Å². The molecular formula is C46H76N6O16. The highest BCUT2D eigenvalue weighted by molar-refractivity contribution is 6.09. The number of benzene rings is 2. The van der Waals surface area contributed by atoms with E-state index in [1.165, 1.54) is 41.5 Å². The first-order valence-electron chi connectivity index (χ1n) is 22.4. The molecule has 0 spiro atoms. The molecular weight excluding hydrogens is 893 g/mol. The normalized spacial score (nSPS) is 12.6. The molecule has 22 nitrogen and oxygen atoms in total. The monoisotopic (exact) mass is 969 g/mol. The number of aliphatic hydroxyl groups is 10. The molecule has 0 heterocycles. The van der Waals surface area contributed by atoms with Crippen LogP contribution >= 0.6 is 0 Å². The highest BCUT2D eigenvalue weighted by Crippen LogP contribution is 2.37. The zero-order valence-electron chi connectivity index (χ0n) is 41.4. The second-order valence-electron chi connectivity index (χ2n) is 15.5. The minimum atomic E-state index is -1.89. The van der Waals surface area contributed by atoms with Crippen LogP contribution in [0, 0.1) is 41.5 Å². The van der Waals surface area contributed by atoms with Gasteiger partial charge in [-0.2, -0.15) is 0 Å². The molecule has 2 aromatic rings. The molecule has 22 heteroatoms. The number of amides is 6. The van der Waals surface area contributed by atoms with E-state index in [1.807, 2.05) is 27.7 Å². The van der Waals surface area contributed by atoms with Gasteiger partial charge in [-0.05, 0) is 74.9 Å². The molecule has 0 fully saturated rings. The van der Waals surface area contributed by atoms with Crippen LogP contribution in [-0.4, -0.2) is 189 Å². The Morgan fingerprint density at radius 1 is 0.426 bits per heavy atom. The Morgan fingerprint density at radius 3 is 0.897 bits per heavy atom. The minimum absolute atomic E-state index is 0.0535. The fourth-order valence-electron chi connectivity index (χ4n) is 7.50. The van der Waals surface area contributed by atoms with E-state index < -0.39 is 138 Å². The quantitative estimate of drug-likeness (QED) is 0.0576. The summed E-state index contributed by atoms with van der Waals surface area (Å²) in [5.41, 5.74) is -0.0341. The van der Waals surface area contributed by atoms with Gasteiger partial charge in [0.15, 0.2) is 0 Å². The van der Waals surface area contributed by atoms with E-state index in [0.29, 0.717) is 0 Å². The van der Waals surface area contributed by atoms with Crippen LogP contribution < -0.4 is 31.1 Å². The van der Waals surface area contributed by atoms with E-state index >= 15 is 0 Å². The van der Waals surface area contributed by atoms with Gasteiger partial charge in [-0.15, -0.1) is 0 Å². The van der Waals surface area contributed by atoms with Crippen LogP contribution in [0.3, 0.4) is 0 Å². The Morgan fingerprint density at radius 2 is 0.676 bits per heavy atom. The van der Waals surface area contributed by atoms with Crippen molar-refractivity contribution >= 4 is 46.8 Å². The number of nitrogens with zero attached hydrogens (tertiary/aromatic N) is 2. The largest absolute Gasteiger partial charge is 0.394 e. The van der Waals surface area contributed by atoms with E-state index in [-0.39, 0.29) is 67.0 Å². The molecule has 0 aliphatic rings. The number of hydrogen-bond donors (Lipinski definition) is 14. The van der Waals surface area contributed by atoms with E-state index in [2.05, 4.69) is 21.3 Å². The zero-order valence-corrected chi connectivity index (χ0v) is 41.4. The highest BCUT2D eigenvalue weighted by atomic mass is 16.3. The maximum Gasteiger partial charge on any atom is 0.252 e. The van der Waals surface area contributed by atoms with Crippen LogP contribution in [0.25, 0.3) is 0 Å². The molecule has 0 aliphatic heterocycles. The van der Waals surface area contributed by atoms with Gasteiger partial charge < -0.3 is 82.1 Å². The number of aliphatic hydroxyl groups excluding tert-OH is 10. The molecule has 4 atom stereocenters. The van der Waals surface area contributed by atoms with Crippen molar-refractivity contribution in [2.75, 3.05) is 75.6 Å². The first-order valence-corrected chi connectivity index (χ1v) is 22.4. The van der Waals surface area contributed by atoms with E-state index in [1.54, 1.807) is 0 Å². The first-order chi connectivity index (χ1) is 32.0. The van der Waals surface area contributed by atoms with Crippen molar-refractivity contribution in [1.82, 2.24) is 21.3 Å². The second kappa shape index (κ2) is 30.4. The van der Waals surface area contributed by atoms with Crippen LogP contribution in [0.5, 0.6) is 0 Å². The topological polar surface area (TPSA) is 359 Å². The molecule has 2 rings (SSSR count). The summed E-state index contributed by atoms with van der Waals surface area (Å²) in [6.45, 7) is 12.7. The predicted octanol–water partition coefficient (Wildman–Crippen LogP) is -1.95. The Kier molecular flexibility index (Phi) is 28.1. The zero-order chi connectivity index (χ0) is 52.9. The Labute approximate surface area is 398 Å². The summed E-state index contributed by atoms with van der Waals surface area (Å²) < 4.78 is 0. The van der Waals surface area contributed by atoms with Gasteiger partial charge in [0.2, 0.25) is 11.8 Å². The average Bonchev–Trinajstić information content (AvgIpc) is 3.30. The van der Waals surface area contributed by atoms with E-state index in [9.17, 15) is 79.8 Å². The van der Waals surface area contributed by atoms with Gasteiger partial charge in [0, 0.05) is 49.2 Å². The lowest BCUT2D eigenvalue weighted by molar-refractivity contribution is -0.118. The molecule has 0 aliphatic carbocycles. The SMILES string of the molecule is CC.CC.CC(=O)N(CC(O)C(O)CN(C(C)=O)c1c(C)c(C(=O)NCC(O)CO)c(C)c(C(=O)NC(CO)CO)c1C)c1c(C)c(C(=O)NCC(O)CO)c(C)c(C(=O)NC(CO)CO)c1C. The van der Waals surface area contributed by atoms with Gasteiger partial charge >= 0.3 is 0 Å². The third kappa shape index (κ3) is 16.0. The predicted molar refractivity (Wildman–Crippen MR) is 254 cm³/mol. The average molecular weight is 969 g/mol. The van der Waals surface area contributed by atoms with Crippen molar-refractivity contribution in [3.05, 3.63) is 55.6 Å². The lowest BCUT2D eigenvalue weighted by Crippen LogP contribution is -2.48. The number of rotatable bonds is 23. The van der Waals surface area contributed by atoms with Gasteiger partial charge in [-0.3, -0.25) is 28.8 Å². The maximum atomic E-state index is 13.7. The first kappa shape index (κ1) is 62.9. The van der Waals surface area contributed by atoms with Gasteiger partial charge in [-0.1, -0.05) is 27.7 Å². The second-order valence-corrected chi connectivity index (χ2v) is 15.5. The number of carbonyl (C=O) groups is 6. The molecule has 0 aromatic heterocycles. The van der Waals surface area contributed by atoms with Crippen LogP contribution in [0.1, 0.15) is 116 Å². The van der Waals surface area contributed by atoms with Crippen molar-refractivity contribution in [1.29, 1.82) is 0 Å². The number of anilines is 2. The summed E-state index contributed by atoms with van der Waals surface area (Å²) >= 11 is 0. The molecule has 14 N–H and O–H groups in total. The van der Waals surface area contributed by atoms with Gasteiger partial charge in [-0.25, -0.2) is 0 Å². The summed E-state index contributed by atoms with van der Waals surface area (Å²) in [4.78, 5) is 83.7. The van der Waals surface area contributed by atoms with E-state index in [0.717, 1.165) is 23.6 Å². The van der Waals surface area contributed by atoms with Crippen LogP contribution in [0.4, 0.5) is 11.4 Å². The molecule has 0 radical (unpaired) electrons. The third-order valence-corrected chi connectivity index (χ3v) is 10.8. The molecule has 386 valence electrons. The van der Waals surface area contributed by atoms with Gasteiger partial charge in [0.05, 0.1) is 101 Å². The number of hydrogen-bond acceptors (Lipinski definition) is 16. The minimum Gasteiger partial charge on any atom is -0.394 e.